The fourth-order valence-electron chi connectivity index (χ4n) is 2.82. The number of carbonyl (C=O) groups excluding carboxylic acids is 3. The molecule has 0 heterocycles. The SMILES string of the molecule is O=CN(Cc1ccccc1)C(C(=O)C(=O)NCC1CC1)C1CC1. The molecule has 0 spiro atoms. The number of Topliss-reactive ketones (excluding diaryl/α,β-unsaturated/α-hetero) is 1. The molecule has 0 bridgehead atoms. The normalized spacial score (nSPS) is 18.1. The van der Waals surface area contributed by atoms with Gasteiger partial charge in [0.15, 0.2) is 0 Å². The summed E-state index contributed by atoms with van der Waals surface area (Å²) in [5.41, 5.74) is 0.955. The second kappa shape index (κ2) is 6.94. The molecule has 122 valence electrons. The Labute approximate surface area is 136 Å². The second-order valence-corrected chi connectivity index (χ2v) is 6.56. The molecule has 2 saturated carbocycles. The van der Waals surface area contributed by atoms with Crippen molar-refractivity contribution in [2.45, 2.75) is 38.3 Å². The van der Waals surface area contributed by atoms with Crippen LogP contribution < -0.4 is 5.32 Å². The molecule has 23 heavy (non-hydrogen) atoms. The van der Waals surface area contributed by atoms with Crippen molar-refractivity contribution in [3.05, 3.63) is 35.9 Å². The average Bonchev–Trinajstić information content (AvgIpc) is 3.46. The molecule has 0 saturated heterocycles. The van der Waals surface area contributed by atoms with Gasteiger partial charge in [-0.3, -0.25) is 14.4 Å². The highest BCUT2D eigenvalue weighted by Crippen LogP contribution is 2.36. The summed E-state index contributed by atoms with van der Waals surface area (Å²) in [6.45, 7) is 0.925. The van der Waals surface area contributed by atoms with Crippen molar-refractivity contribution in [3.8, 4) is 0 Å². The Balaban J connectivity index is 1.66. The van der Waals surface area contributed by atoms with E-state index in [2.05, 4.69) is 5.32 Å². The van der Waals surface area contributed by atoms with E-state index in [1.165, 1.54) is 4.90 Å². The van der Waals surface area contributed by atoms with Crippen LogP contribution in [-0.2, 0) is 20.9 Å². The first-order chi connectivity index (χ1) is 11.2. The van der Waals surface area contributed by atoms with Gasteiger partial charge in [0, 0.05) is 13.1 Å². The summed E-state index contributed by atoms with van der Waals surface area (Å²) in [6.07, 6.45) is 4.73. The summed E-state index contributed by atoms with van der Waals surface area (Å²) in [5.74, 6) is -0.384. The molecule has 1 unspecified atom stereocenters. The zero-order valence-corrected chi connectivity index (χ0v) is 13.1. The molecule has 1 atom stereocenters. The summed E-state index contributed by atoms with van der Waals surface area (Å²) in [6, 6.07) is 8.90. The third-order valence-corrected chi connectivity index (χ3v) is 4.51. The Morgan fingerprint density at radius 1 is 1.17 bits per heavy atom. The fraction of sp³-hybridized carbons (Fsp3) is 0.500. The molecular weight excluding hydrogens is 292 g/mol. The van der Waals surface area contributed by atoms with E-state index in [-0.39, 0.29) is 5.92 Å². The van der Waals surface area contributed by atoms with E-state index in [1.54, 1.807) is 0 Å². The van der Waals surface area contributed by atoms with Gasteiger partial charge in [0.25, 0.3) is 5.91 Å². The Bertz CT molecular complexity index is 579. The highest BCUT2D eigenvalue weighted by Gasteiger charge is 2.42. The van der Waals surface area contributed by atoms with Crippen LogP contribution >= 0.6 is 0 Å². The van der Waals surface area contributed by atoms with E-state index < -0.39 is 17.7 Å². The molecule has 1 aromatic rings. The number of nitrogens with one attached hydrogen (secondary N) is 1. The number of hydrogen-bond donors (Lipinski definition) is 1. The zero-order valence-electron chi connectivity index (χ0n) is 13.1. The van der Waals surface area contributed by atoms with Gasteiger partial charge in [-0.25, -0.2) is 0 Å². The summed E-state index contributed by atoms with van der Waals surface area (Å²) < 4.78 is 0. The molecular formula is C18H22N2O3. The first kappa shape index (κ1) is 15.7. The van der Waals surface area contributed by atoms with Gasteiger partial charge in [-0.15, -0.1) is 0 Å². The minimum Gasteiger partial charge on any atom is -0.349 e. The molecule has 2 aliphatic carbocycles. The number of carbonyl (C=O) groups is 3. The third kappa shape index (κ3) is 4.18. The van der Waals surface area contributed by atoms with E-state index in [0.717, 1.165) is 31.2 Å². The zero-order chi connectivity index (χ0) is 16.2. The Morgan fingerprint density at radius 3 is 2.43 bits per heavy atom. The Morgan fingerprint density at radius 2 is 1.87 bits per heavy atom. The van der Waals surface area contributed by atoms with Gasteiger partial charge >= 0.3 is 0 Å². The minimum atomic E-state index is -0.632. The van der Waals surface area contributed by atoms with E-state index in [9.17, 15) is 14.4 Å². The van der Waals surface area contributed by atoms with E-state index in [4.69, 9.17) is 0 Å². The van der Waals surface area contributed by atoms with Crippen LogP contribution in [0.1, 0.15) is 31.2 Å². The first-order valence-electron chi connectivity index (χ1n) is 8.26. The molecule has 1 N–H and O–H groups in total. The molecule has 5 nitrogen and oxygen atoms in total. The van der Waals surface area contributed by atoms with Gasteiger partial charge in [0.05, 0.1) is 0 Å². The molecule has 2 fully saturated rings. The highest BCUT2D eigenvalue weighted by atomic mass is 16.2. The molecule has 0 aliphatic heterocycles. The molecule has 3 rings (SSSR count). The maximum absolute atomic E-state index is 12.5. The smallest absolute Gasteiger partial charge is 0.289 e. The standard InChI is InChI=1S/C18H22N2O3/c21-12-20(11-14-4-2-1-3-5-14)16(15-8-9-15)17(22)18(23)19-10-13-6-7-13/h1-5,12-13,15-16H,6-11H2,(H,19,23). The van der Waals surface area contributed by atoms with Crippen molar-refractivity contribution in [2.24, 2.45) is 11.8 Å². The van der Waals surface area contributed by atoms with Gasteiger partial charge < -0.3 is 10.2 Å². The summed E-state index contributed by atoms with van der Waals surface area (Å²) in [4.78, 5) is 37.7. The van der Waals surface area contributed by atoms with Crippen LogP contribution in [0, 0.1) is 11.8 Å². The molecule has 5 heteroatoms. The quantitative estimate of drug-likeness (QED) is 0.555. The van der Waals surface area contributed by atoms with Crippen LogP contribution in [0.2, 0.25) is 0 Å². The fourth-order valence-corrected chi connectivity index (χ4v) is 2.82. The lowest BCUT2D eigenvalue weighted by Gasteiger charge is -2.27. The van der Waals surface area contributed by atoms with Crippen LogP contribution in [0.15, 0.2) is 30.3 Å². The van der Waals surface area contributed by atoms with Crippen molar-refractivity contribution in [2.75, 3.05) is 6.54 Å². The van der Waals surface area contributed by atoms with Crippen LogP contribution in [0.25, 0.3) is 0 Å². The van der Waals surface area contributed by atoms with Crippen molar-refractivity contribution in [1.29, 1.82) is 0 Å². The number of benzene rings is 1. The largest absolute Gasteiger partial charge is 0.349 e. The molecule has 1 aromatic carbocycles. The number of nitrogens with zero attached hydrogens (tertiary/aromatic N) is 1. The molecule has 2 amide bonds. The van der Waals surface area contributed by atoms with Crippen LogP contribution in [0.4, 0.5) is 0 Å². The van der Waals surface area contributed by atoms with E-state index in [1.807, 2.05) is 30.3 Å². The van der Waals surface area contributed by atoms with Gasteiger partial charge in [-0.2, -0.15) is 0 Å². The minimum absolute atomic E-state index is 0.114. The van der Waals surface area contributed by atoms with Crippen molar-refractivity contribution in [3.63, 3.8) is 0 Å². The lowest BCUT2D eigenvalue weighted by molar-refractivity contribution is -0.143. The van der Waals surface area contributed by atoms with Gasteiger partial charge in [0.2, 0.25) is 12.2 Å². The third-order valence-electron chi connectivity index (χ3n) is 4.51. The van der Waals surface area contributed by atoms with Gasteiger partial charge in [-0.05, 0) is 43.1 Å². The number of hydrogen-bond acceptors (Lipinski definition) is 3. The summed E-state index contributed by atoms with van der Waals surface area (Å²) in [7, 11) is 0. The predicted molar refractivity (Wildman–Crippen MR) is 85.3 cm³/mol. The highest BCUT2D eigenvalue weighted by molar-refractivity contribution is 6.38. The van der Waals surface area contributed by atoms with Crippen molar-refractivity contribution >= 4 is 18.1 Å². The average molecular weight is 314 g/mol. The number of amides is 2. The number of ketones is 1. The molecule has 2 aliphatic rings. The van der Waals surface area contributed by atoms with Crippen LogP contribution in [0.5, 0.6) is 0 Å². The molecule has 0 aromatic heterocycles. The maximum Gasteiger partial charge on any atom is 0.289 e. The first-order valence-corrected chi connectivity index (χ1v) is 8.26. The second-order valence-electron chi connectivity index (χ2n) is 6.56. The maximum atomic E-state index is 12.5. The van der Waals surface area contributed by atoms with Gasteiger partial charge in [0.1, 0.15) is 6.04 Å². The summed E-state index contributed by atoms with van der Waals surface area (Å²) in [5, 5.41) is 2.72. The Kier molecular flexibility index (Phi) is 4.74. The van der Waals surface area contributed by atoms with Crippen molar-refractivity contribution < 1.29 is 14.4 Å². The van der Waals surface area contributed by atoms with Crippen LogP contribution in [-0.4, -0.2) is 35.6 Å². The Hall–Kier alpha value is -2.17. The van der Waals surface area contributed by atoms with Crippen LogP contribution in [0.3, 0.4) is 0 Å². The predicted octanol–water partition coefficient (Wildman–Crippen LogP) is 1.52. The summed E-state index contributed by atoms with van der Waals surface area (Å²) >= 11 is 0. The van der Waals surface area contributed by atoms with E-state index in [0.29, 0.717) is 25.4 Å². The van der Waals surface area contributed by atoms with Crippen molar-refractivity contribution in [1.82, 2.24) is 10.2 Å². The lowest BCUT2D eigenvalue weighted by Crippen LogP contribution is -2.48. The monoisotopic (exact) mass is 314 g/mol. The molecule has 0 radical (unpaired) electrons. The van der Waals surface area contributed by atoms with Gasteiger partial charge in [-0.1, -0.05) is 30.3 Å². The topological polar surface area (TPSA) is 66.5 Å². The van der Waals surface area contributed by atoms with E-state index >= 15 is 0 Å². The lowest BCUT2D eigenvalue weighted by atomic mass is 10.0. The number of rotatable bonds is 9.